The van der Waals surface area contributed by atoms with Gasteiger partial charge in [0, 0.05) is 18.2 Å². The van der Waals surface area contributed by atoms with Gasteiger partial charge in [-0.05, 0) is 38.0 Å². The summed E-state index contributed by atoms with van der Waals surface area (Å²) in [6.07, 6.45) is 2.05. The molecule has 0 aromatic heterocycles. The molecular weight excluding hydrogens is 243 g/mol. The first kappa shape index (κ1) is 13.6. The van der Waals surface area contributed by atoms with Crippen molar-refractivity contribution < 1.29 is 9.18 Å². The van der Waals surface area contributed by atoms with Crippen LogP contribution in [0.5, 0.6) is 0 Å². The topological polar surface area (TPSA) is 46.3 Å². The monoisotopic (exact) mass is 260 g/mol. The van der Waals surface area contributed by atoms with Crippen LogP contribution in [0.2, 0.25) is 0 Å². The lowest BCUT2D eigenvalue weighted by molar-refractivity contribution is 0.0752. The minimum Gasteiger partial charge on any atom is -0.336 e. The van der Waals surface area contributed by atoms with Crippen LogP contribution in [-0.4, -0.2) is 29.9 Å². The number of carbonyl (C=O) groups is 1. The average Bonchev–Trinajstić information content (AvgIpc) is 3.22. The van der Waals surface area contributed by atoms with E-state index in [1.165, 1.54) is 18.2 Å². The van der Waals surface area contributed by atoms with Gasteiger partial charge in [-0.3, -0.25) is 4.79 Å². The van der Waals surface area contributed by atoms with E-state index >= 15 is 0 Å². The molecule has 1 aliphatic rings. The Morgan fingerprint density at radius 1 is 1.53 bits per heavy atom. The number of benzene rings is 1. The Labute approximate surface area is 112 Å². The number of nitrogens with zero attached hydrogens (tertiary/aromatic N) is 1. The van der Waals surface area contributed by atoms with E-state index in [4.69, 9.17) is 5.73 Å². The van der Waals surface area contributed by atoms with E-state index < -0.39 is 5.82 Å². The van der Waals surface area contributed by atoms with Crippen LogP contribution in [0, 0.1) is 17.7 Å². The van der Waals surface area contributed by atoms with Gasteiger partial charge in [0.1, 0.15) is 5.82 Å². The first-order valence-electron chi connectivity index (χ1n) is 6.46. The highest BCUT2D eigenvalue weighted by Gasteiger charge is 2.32. The molecule has 1 fully saturated rings. The van der Waals surface area contributed by atoms with E-state index in [-0.39, 0.29) is 12.5 Å². The zero-order valence-corrected chi connectivity index (χ0v) is 10.9. The minimum atomic E-state index is -0.423. The molecule has 0 heterocycles. The van der Waals surface area contributed by atoms with Crippen LogP contribution in [0.3, 0.4) is 0 Å². The Bertz CT molecular complexity index is 541. The molecule has 19 heavy (non-hydrogen) atoms. The number of amides is 1. The van der Waals surface area contributed by atoms with Crippen LogP contribution in [0.1, 0.15) is 35.7 Å². The van der Waals surface area contributed by atoms with Gasteiger partial charge in [0.05, 0.1) is 12.1 Å². The normalized spacial score (nSPS) is 13.6. The summed E-state index contributed by atoms with van der Waals surface area (Å²) < 4.78 is 13.4. The highest BCUT2D eigenvalue weighted by molar-refractivity contribution is 5.97. The van der Waals surface area contributed by atoms with Crippen molar-refractivity contribution in [2.24, 2.45) is 5.73 Å². The van der Waals surface area contributed by atoms with E-state index in [2.05, 4.69) is 11.8 Å². The number of rotatable bonds is 3. The molecule has 1 aromatic rings. The molecule has 0 radical (unpaired) electrons. The van der Waals surface area contributed by atoms with Crippen molar-refractivity contribution in [3.8, 4) is 11.8 Å². The molecule has 2 rings (SSSR count). The third kappa shape index (κ3) is 3.12. The van der Waals surface area contributed by atoms with Gasteiger partial charge in [0.25, 0.3) is 5.91 Å². The Balaban J connectivity index is 2.35. The Morgan fingerprint density at radius 2 is 2.26 bits per heavy atom. The van der Waals surface area contributed by atoms with Gasteiger partial charge in [-0.2, -0.15) is 0 Å². The standard InChI is InChI=1S/C15H17FN2O/c1-2-18(13-7-8-13)15(19)14-10-12(16)6-5-11(14)4-3-9-17/h5-6,10,13H,2,7-9,17H2,1H3. The average molecular weight is 260 g/mol. The molecule has 1 aliphatic carbocycles. The van der Waals surface area contributed by atoms with Crippen molar-refractivity contribution in [3.63, 3.8) is 0 Å². The van der Waals surface area contributed by atoms with Gasteiger partial charge in [-0.15, -0.1) is 0 Å². The van der Waals surface area contributed by atoms with E-state index in [9.17, 15) is 9.18 Å². The van der Waals surface area contributed by atoms with Gasteiger partial charge < -0.3 is 10.6 Å². The van der Waals surface area contributed by atoms with Crippen LogP contribution < -0.4 is 5.73 Å². The number of halogens is 1. The smallest absolute Gasteiger partial charge is 0.255 e. The van der Waals surface area contributed by atoms with Gasteiger partial charge in [0.15, 0.2) is 0 Å². The fourth-order valence-corrected chi connectivity index (χ4v) is 2.06. The predicted octanol–water partition coefficient (Wildman–Crippen LogP) is 1.76. The lowest BCUT2D eigenvalue weighted by atomic mass is 10.1. The maximum Gasteiger partial charge on any atom is 0.255 e. The molecule has 0 unspecified atom stereocenters. The quantitative estimate of drug-likeness (QED) is 0.842. The maximum absolute atomic E-state index is 13.4. The van der Waals surface area contributed by atoms with Crippen molar-refractivity contribution in [2.45, 2.75) is 25.8 Å². The van der Waals surface area contributed by atoms with Crippen LogP contribution >= 0.6 is 0 Å². The molecule has 0 saturated heterocycles. The molecule has 1 saturated carbocycles. The van der Waals surface area contributed by atoms with Crippen molar-refractivity contribution in [1.29, 1.82) is 0 Å². The number of nitrogens with two attached hydrogens (primary N) is 1. The Kier molecular flexibility index (Phi) is 4.18. The number of carbonyl (C=O) groups excluding carboxylic acids is 1. The fraction of sp³-hybridized carbons (Fsp3) is 0.400. The third-order valence-electron chi connectivity index (χ3n) is 3.13. The molecule has 3 nitrogen and oxygen atoms in total. The summed E-state index contributed by atoms with van der Waals surface area (Å²) in [6.45, 7) is 2.77. The zero-order valence-electron chi connectivity index (χ0n) is 10.9. The minimum absolute atomic E-state index is 0.147. The first-order valence-corrected chi connectivity index (χ1v) is 6.46. The zero-order chi connectivity index (χ0) is 13.8. The van der Waals surface area contributed by atoms with E-state index in [0.717, 1.165) is 12.8 Å². The summed E-state index contributed by atoms with van der Waals surface area (Å²) in [5, 5.41) is 0. The largest absolute Gasteiger partial charge is 0.336 e. The highest BCUT2D eigenvalue weighted by atomic mass is 19.1. The molecule has 0 bridgehead atoms. The van der Waals surface area contributed by atoms with Gasteiger partial charge in [-0.25, -0.2) is 4.39 Å². The SMILES string of the molecule is CCN(C(=O)c1cc(F)ccc1C#CCN)C1CC1. The summed E-state index contributed by atoms with van der Waals surface area (Å²) in [6, 6.07) is 4.40. The van der Waals surface area contributed by atoms with E-state index in [1.807, 2.05) is 6.92 Å². The lowest BCUT2D eigenvalue weighted by Gasteiger charge is -2.21. The summed E-state index contributed by atoms with van der Waals surface area (Å²) in [5.74, 6) is 4.97. The maximum atomic E-state index is 13.4. The Morgan fingerprint density at radius 3 is 2.84 bits per heavy atom. The molecule has 0 aliphatic heterocycles. The number of hydrogen-bond donors (Lipinski definition) is 1. The summed E-state index contributed by atoms with van der Waals surface area (Å²) in [4.78, 5) is 14.2. The van der Waals surface area contributed by atoms with Crippen LogP contribution in [0.25, 0.3) is 0 Å². The van der Waals surface area contributed by atoms with Crippen molar-refractivity contribution in [1.82, 2.24) is 4.90 Å². The van der Waals surface area contributed by atoms with Gasteiger partial charge in [0.2, 0.25) is 0 Å². The molecule has 1 aromatic carbocycles. The fourth-order valence-electron chi connectivity index (χ4n) is 2.06. The van der Waals surface area contributed by atoms with Crippen LogP contribution in [-0.2, 0) is 0 Å². The summed E-state index contributed by atoms with van der Waals surface area (Å²) in [7, 11) is 0. The van der Waals surface area contributed by atoms with E-state index in [0.29, 0.717) is 23.7 Å². The van der Waals surface area contributed by atoms with Crippen LogP contribution in [0.4, 0.5) is 4.39 Å². The van der Waals surface area contributed by atoms with Crippen molar-refractivity contribution in [3.05, 3.63) is 35.1 Å². The molecule has 2 N–H and O–H groups in total. The molecule has 0 spiro atoms. The van der Waals surface area contributed by atoms with Gasteiger partial charge >= 0.3 is 0 Å². The summed E-state index contributed by atoms with van der Waals surface area (Å²) in [5.41, 5.74) is 6.20. The second-order valence-electron chi connectivity index (χ2n) is 4.52. The van der Waals surface area contributed by atoms with E-state index in [1.54, 1.807) is 4.90 Å². The molecule has 100 valence electrons. The molecular formula is C15H17FN2O. The number of hydrogen-bond acceptors (Lipinski definition) is 2. The lowest BCUT2D eigenvalue weighted by Crippen LogP contribution is -2.33. The third-order valence-corrected chi connectivity index (χ3v) is 3.13. The predicted molar refractivity (Wildman–Crippen MR) is 72.1 cm³/mol. The second kappa shape index (κ2) is 5.85. The molecule has 4 heteroatoms. The van der Waals surface area contributed by atoms with Gasteiger partial charge in [-0.1, -0.05) is 11.8 Å². The van der Waals surface area contributed by atoms with Crippen molar-refractivity contribution in [2.75, 3.05) is 13.1 Å². The molecule has 1 amide bonds. The molecule has 0 atom stereocenters. The summed E-state index contributed by atoms with van der Waals surface area (Å²) >= 11 is 0. The second-order valence-corrected chi connectivity index (χ2v) is 4.52. The Hall–Kier alpha value is -1.86. The van der Waals surface area contributed by atoms with Crippen molar-refractivity contribution >= 4 is 5.91 Å². The van der Waals surface area contributed by atoms with Crippen LogP contribution in [0.15, 0.2) is 18.2 Å². The highest BCUT2D eigenvalue weighted by Crippen LogP contribution is 2.28. The first-order chi connectivity index (χ1) is 9.17.